The van der Waals surface area contributed by atoms with Crippen molar-refractivity contribution in [2.24, 2.45) is 0 Å². The molecule has 6 nitrogen and oxygen atoms in total. The van der Waals surface area contributed by atoms with Crippen LogP contribution >= 0.6 is 11.3 Å². The smallest absolute Gasteiger partial charge is 0.325 e. The van der Waals surface area contributed by atoms with Gasteiger partial charge >= 0.3 is 6.03 Å². The lowest BCUT2D eigenvalue weighted by atomic mass is 10.1. The van der Waals surface area contributed by atoms with Crippen LogP contribution in [0.5, 0.6) is 11.5 Å². The van der Waals surface area contributed by atoms with Gasteiger partial charge in [0, 0.05) is 22.7 Å². The molecule has 0 spiro atoms. The van der Waals surface area contributed by atoms with E-state index in [4.69, 9.17) is 9.47 Å². The lowest BCUT2D eigenvalue weighted by Gasteiger charge is -2.06. The number of nitrogens with one attached hydrogen (secondary N) is 2. The second-order valence-electron chi connectivity index (χ2n) is 5.55. The van der Waals surface area contributed by atoms with Crippen molar-refractivity contribution in [1.29, 1.82) is 0 Å². The first-order valence-electron chi connectivity index (χ1n) is 7.67. The van der Waals surface area contributed by atoms with Crippen LogP contribution in [0.3, 0.4) is 0 Å². The molecule has 0 radical (unpaired) electrons. The standard InChI is InChI=1S/C18H15N3O3S/c1-11-2-4-12(5-3-11)14-9-25-18(20-14)21-17(22)19-13-6-7-15-16(8-13)24-10-23-15/h2-9H,10H2,1H3,(H2,19,20,21,22). The summed E-state index contributed by atoms with van der Waals surface area (Å²) in [4.78, 5) is 16.6. The molecule has 0 unspecified atom stereocenters. The van der Waals surface area contributed by atoms with Crippen LogP contribution in [0.15, 0.2) is 47.8 Å². The third kappa shape index (κ3) is 3.41. The monoisotopic (exact) mass is 353 g/mol. The summed E-state index contributed by atoms with van der Waals surface area (Å²) < 4.78 is 10.5. The number of amides is 2. The minimum atomic E-state index is -0.358. The van der Waals surface area contributed by atoms with Gasteiger partial charge in [0.15, 0.2) is 16.6 Å². The number of rotatable bonds is 3. The van der Waals surface area contributed by atoms with E-state index in [9.17, 15) is 4.79 Å². The second-order valence-corrected chi connectivity index (χ2v) is 6.41. The average Bonchev–Trinajstić information content (AvgIpc) is 3.24. The Hall–Kier alpha value is -3.06. The molecule has 0 atom stereocenters. The molecule has 0 bridgehead atoms. The van der Waals surface area contributed by atoms with Gasteiger partial charge in [-0.15, -0.1) is 11.3 Å². The van der Waals surface area contributed by atoms with Crippen LogP contribution in [0.4, 0.5) is 15.6 Å². The molecular formula is C18H15N3O3S. The molecule has 2 aromatic carbocycles. The van der Waals surface area contributed by atoms with E-state index in [1.54, 1.807) is 18.2 Å². The molecule has 0 saturated carbocycles. The Morgan fingerprint density at radius 1 is 1.08 bits per heavy atom. The zero-order valence-corrected chi connectivity index (χ0v) is 14.2. The quantitative estimate of drug-likeness (QED) is 0.728. The molecule has 0 aliphatic carbocycles. The number of nitrogens with zero attached hydrogens (tertiary/aromatic N) is 1. The fraction of sp³-hybridized carbons (Fsp3) is 0.111. The van der Waals surface area contributed by atoms with Gasteiger partial charge in [-0.05, 0) is 19.1 Å². The average molecular weight is 353 g/mol. The highest BCUT2D eigenvalue weighted by Crippen LogP contribution is 2.34. The molecule has 3 aromatic rings. The molecule has 7 heteroatoms. The SMILES string of the molecule is Cc1ccc(-c2csc(NC(=O)Nc3ccc4c(c3)OCO4)n2)cc1. The first-order valence-corrected chi connectivity index (χ1v) is 8.55. The summed E-state index contributed by atoms with van der Waals surface area (Å²) >= 11 is 1.38. The summed E-state index contributed by atoms with van der Waals surface area (Å²) in [5, 5.41) is 7.96. The van der Waals surface area contributed by atoms with Crippen molar-refractivity contribution in [2.45, 2.75) is 6.92 Å². The summed E-state index contributed by atoms with van der Waals surface area (Å²) in [5.74, 6) is 1.29. The minimum absolute atomic E-state index is 0.200. The summed E-state index contributed by atoms with van der Waals surface area (Å²) in [5.41, 5.74) is 3.67. The Kier molecular flexibility index (Phi) is 3.99. The molecule has 2 amide bonds. The summed E-state index contributed by atoms with van der Waals surface area (Å²) in [7, 11) is 0. The number of carbonyl (C=O) groups is 1. The first kappa shape index (κ1) is 15.5. The second kappa shape index (κ2) is 6.45. The number of hydrogen-bond acceptors (Lipinski definition) is 5. The van der Waals surface area contributed by atoms with Crippen LogP contribution in [0, 0.1) is 6.92 Å². The van der Waals surface area contributed by atoms with Crippen molar-refractivity contribution < 1.29 is 14.3 Å². The van der Waals surface area contributed by atoms with Gasteiger partial charge in [-0.1, -0.05) is 29.8 Å². The number of aromatic nitrogens is 1. The summed E-state index contributed by atoms with van der Waals surface area (Å²) in [6.45, 7) is 2.24. The highest BCUT2D eigenvalue weighted by atomic mass is 32.1. The van der Waals surface area contributed by atoms with Crippen LogP contribution in [-0.2, 0) is 0 Å². The number of carbonyl (C=O) groups excluding carboxylic acids is 1. The molecular weight excluding hydrogens is 338 g/mol. The largest absolute Gasteiger partial charge is 0.454 e. The molecule has 2 heterocycles. The summed E-state index contributed by atoms with van der Waals surface area (Å²) in [6.07, 6.45) is 0. The molecule has 126 valence electrons. The molecule has 25 heavy (non-hydrogen) atoms. The van der Waals surface area contributed by atoms with Crippen molar-refractivity contribution in [3.8, 4) is 22.8 Å². The predicted molar refractivity (Wildman–Crippen MR) is 97.5 cm³/mol. The fourth-order valence-electron chi connectivity index (χ4n) is 2.42. The Morgan fingerprint density at radius 2 is 1.88 bits per heavy atom. The number of benzene rings is 2. The highest BCUT2D eigenvalue weighted by molar-refractivity contribution is 7.14. The number of anilines is 2. The highest BCUT2D eigenvalue weighted by Gasteiger charge is 2.14. The topological polar surface area (TPSA) is 72.5 Å². The van der Waals surface area contributed by atoms with Gasteiger partial charge in [-0.2, -0.15) is 0 Å². The third-order valence-corrected chi connectivity index (χ3v) is 4.46. The molecule has 4 rings (SSSR count). The van der Waals surface area contributed by atoms with Crippen molar-refractivity contribution >= 4 is 28.2 Å². The molecule has 1 aromatic heterocycles. The lowest BCUT2D eigenvalue weighted by Crippen LogP contribution is -2.19. The number of aryl methyl sites for hydroxylation is 1. The maximum atomic E-state index is 12.1. The van der Waals surface area contributed by atoms with E-state index in [0.717, 1.165) is 11.3 Å². The van der Waals surface area contributed by atoms with Crippen LogP contribution < -0.4 is 20.1 Å². The van der Waals surface area contributed by atoms with Gasteiger partial charge in [-0.3, -0.25) is 5.32 Å². The number of fused-ring (bicyclic) bond motifs is 1. The van der Waals surface area contributed by atoms with E-state index in [2.05, 4.69) is 15.6 Å². The summed E-state index contributed by atoms with van der Waals surface area (Å²) in [6, 6.07) is 13.0. The van der Waals surface area contributed by atoms with Crippen LogP contribution in [0.1, 0.15) is 5.56 Å². The maximum absolute atomic E-state index is 12.1. The van der Waals surface area contributed by atoms with Gasteiger partial charge in [0.05, 0.1) is 5.69 Å². The van der Waals surface area contributed by atoms with Gasteiger partial charge in [0.2, 0.25) is 6.79 Å². The van der Waals surface area contributed by atoms with Crippen LogP contribution in [0.25, 0.3) is 11.3 Å². The zero-order valence-electron chi connectivity index (χ0n) is 13.4. The first-order chi connectivity index (χ1) is 12.2. The van der Waals surface area contributed by atoms with Gasteiger partial charge in [-0.25, -0.2) is 9.78 Å². The van der Waals surface area contributed by atoms with Crippen LogP contribution in [-0.4, -0.2) is 17.8 Å². The zero-order chi connectivity index (χ0) is 17.2. The maximum Gasteiger partial charge on any atom is 0.325 e. The number of hydrogen-bond donors (Lipinski definition) is 2. The van der Waals surface area contributed by atoms with E-state index in [0.29, 0.717) is 22.3 Å². The number of thiazole rings is 1. The Balaban J connectivity index is 1.42. The van der Waals surface area contributed by atoms with E-state index < -0.39 is 0 Å². The van der Waals surface area contributed by atoms with E-state index in [1.165, 1.54) is 16.9 Å². The lowest BCUT2D eigenvalue weighted by molar-refractivity contribution is 0.174. The van der Waals surface area contributed by atoms with E-state index in [1.807, 2.05) is 36.6 Å². The Labute approximate surface area is 148 Å². The number of ether oxygens (including phenoxy) is 2. The fourth-order valence-corrected chi connectivity index (χ4v) is 3.14. The van der Waals surface area contributed by atoms with E-state index >= 15 is 0 Å². The molecule has 0 fully saturated rings. The van der Waals surface area contributed by atoms with Crippen molar-refractivity contribution in [3.05, 3.63) is 53.4 Å². The van der Waals surface area contributed by atoms with Crippen molar-refractivity contribution in [2.75, 3.05) is 17.4 Å². The normalized spacial score (nSPS) is 12.0. The molecule has 0 saturated heterocycles. The Bertz CT molecular complexity index is 922. The van der Waals surface area contributed by atoms with Gasteiger partial charge in [0.1, 0.15) is 0 Å². The predicted octanol–water partition coefficient (Wildman–Crippen LogP) is 4.49. The van der Waals surface area contributed by atoms with Gasteiger partial charge < -0.3 is 14.8 Å². The van der Waals surface area contributed by atoms with Crippen molar-refractivity contribution in [3.63, 3.8) is 0 Å². The minimum Gasteiger partial charge on any atom is -0.454 e. The van der Waals surface area contributed by atoms with Crippen LogP contribution in [0.2, 0.25) is 0 Å². The number of urea groups is 1. The third-order valence-electron chi connectivity index (χ3n) is 3.70. The molecule has 1 aliphatic rings. The molecule has 1 aliphatic heterocycles. The Morgan fingerprint density at radius 3 is 2.72 bits per heavy atom. The van der Waals surface area contributed by atoms with Crippen molar-refractivity contribution in [1.82, 2.24) is 4.98 Å². The van der Waals surface area contributed by atoms with E-state index in [-0.39, 0.29) is 12.8 Å². The molecule has 2 N–H and O–H groups in total. The van der Waals surface area contributed by atoms with Gasteiger partial charge in [0.25, 0.3) is 0 Å².